The first-order valence-electron chi connectivity index (χ1n) is 12.7. The Bertz CT molecular complexity index is 741. The van der Waals surface area contributed by atoms with Gasteiger partial charge in [-0.05, 0) is 0 Å². The Labute approximate surface area is 235 Å². The number of benzene rings is 1. The molecule has 1 rings (SSSR count). The van der Waals surface area contributed by atoms with E-state index in [4.69, 9.17) is 9.05 Å². The van der Waals surface area contributed by atoms with Crippen LogP contribution in [0.5, 0.6) is 11.5 Å². The Morgan fingerprint density at radius 1 is 0.486 bits per heavy atom. The summed E-state index contributed by atoms with van der Waals surface area (Å²) in [4.78, 5) is 0. The van der Waals surface area contributed by atoms with Crippen LogP contribution in [0.25, 0.3) is 0 Å². The largest absolute Gasteiger partial charge is 0.498 e. The number of hydrogen-bond acceptors (Lipinski definition) is 2. The standard InChI is InChI=1S/C30H55O2P2.Ir/c1-25(2,3)21-19-22(26(4,5)6)24(32-34(29(13,14)15)30(16,17)18)20-23(21)31-33(27(7,8)9)28(10,11)12;/h19H,1-18H3;/q-1;. The summed E-state index contributed by atoms with van der Waals surface area (Å²) in [5, 5.41) is 0.181. The van der Waals surface area contributed by atoms with Crippen molar-refractivity contribution in [1.82, 2.24) is 0 Å². The fourth-order valence-electron chi connectivity index (χ4n) is 4.51. The number of rotatable bonds is 4. The molecule has 0 amide bonds. The summed E-state index contributed by atoms with van der Waals surface area (Å²) in [5.74, 6) is 1.73. The molecule has 1 aromatic rings. The molecule has 0 saturated carbocycles. The van der Waals surface area contributed by atoms with Gasteiger partial charge >= 0.3 is 0 Å². The van der Waals surface area contributed by atoms with Crippen LogP contribution in [-0.2, 0) is 30.9 Å². The average molecular weight is 702 g/mol. The van der Waals surface area contributed by atoms with Crippen LogP contribution < -0.4 is 9.05 Å². The molecule has 0 aliphatic heterocycles. The first kappa shape index (κ1) is 35.3. The number of hydrogen-bond donors (Lipinski definition) is 0. The maximum atomic E-state index is 7.00. The topological polar surface area (TPSA) is 18.5 Å². The van der Waals surface area contributed by atoms with Gasteiger partial charge in [-0.3, -0.25) is 0 Å². The van der Waals surface area contributed by atoms with E-state index in [1.807, 2.05) is 0 Å². The molecule has 0 aliphatic rings. The molecule has 1 aromatic carbocycles. The summed E-state index contributed by atoms with van der Waals surface area (Å²) in [6.07, 6.45) is 0. The van der Waals surface area contributed by atoms with Crippen molar-refractivity contribution >= 4 is 16.3 Å². The predicted octanol–water partition coefficient (Wildman–Crippen LogP) is 10.8. The molecule has 1 radical (unpaired) electrons. The molecule has 0 N–H and O–H groups in total. The summed E-state index contributed by atoms with van der Waals surface area (Å²) in [6.45, 7) is 41.1. The van der Waals surface area contributed by atoms with E-state index < -0.39 is 16.3 Å². The molecule has 0 aromatic heterocycles. The van der Waals surface area contributed by atoms with Gasteiger partial charge in [-0.25, -0.2) is 0 Å². The van der Waals surface area contributed by atoms with Crippen LogP contribution in [-0.4, -0.2) is 20.6 Å². The van der Waals surface area contributed by atoms with E-state index in [9.17, 15) is 0 Å². The van der Waals surface area contributed by atoms with Crippen molar-refractivity contribution in [3.63, 3.8) is 0 Å². The minimum Gasteiger partial charge on any atom is -0.498 e. The van der Waals surface area contributed by atoms with Gasteiger partial charge in [0.15, 0.2) is 0 Å². The summed E-state index contributed by atoms with van der Waals surface area (Å²) >= 11 is 0. The van der Waals surface area contributed by atoms with Gasteiger partial charge in [0.05, 0.1) is 16.3 Å². The summed E-state index contributed by atoms with van der Waals surface area (Å²) in [5.41, 5.74) is 2.28. The third-order valence-electron chi connectivity index (χ3n) is 5.42. The third-order valence-corrected chi connectivity index (χ3v) is 11.0. The van der Waals surface area contributed by atoms with Crippen LogP contribution in [0, 0.1) is 6.07 Å². The van der Waals surface area contributed by atoms with Crippen molar-refractivity contribution in [2.75, 3.05) is 0 Å². The Balaban J connectivity index is 0.0000116. The monoisotopic (exact) mass is 702 g/mol. The van der Waals surface area contributed by atoms with Gasteiger partial charge in [0.1, 0.15) is 0 Å². The van der Waals surface area contributed by atoms with Gasteiger partial charge in [-0.15, -0.1) is 11.1 Å². The van der Waals surface area contributed by atoms with Crippen molar-refractivity contribution < 1.29 is 29.2 Å². The second-order valence-corrected chi connectivity index (χ2v) is 22.6. The van der Waals surface area contributed by atoms with Gasteiger partial charge in [-0.1, -0.05) is 142 Å². The van der Waals surface area contributed by atoms with Gasteiger partial charge in [-0.2, -0.15) is 6.07 Å². The van der Waals surface area contributed by atoms with Crippen molar-refractivity contribution in [2.24, 2.45) is 0 Å². The molecule has 0 heterocycles. The SMILES string of the molecule is CC(C)(C)c1cc(C(C)(C)C)c(OP(C(C)(C)C)C(C)(C)C)[c-]c1OP(C(C)(C)C)C(C)(C)C.[Ir]. The Kier molecular flexibility index (Phi) is 11.3. The molecular formula is C30H55IrO2P2-. The minimum absolute atomic E-state index is 0. The molecule has 0 bridgehead atoms. The zero-order chi connectivity index (χ0) is 27.3. The van der Waals surface area contributed by atoms with Crippen LogP contribution >= 0.6 is 16.3 Å². The second-order valence-electron chi connectivity index (χ2n) is 15.7. The van der Waals surface area contributed by atoms with E-state index in [2.05, 4.69) is 137 Å². The van der Waals surface area contributed by atoms with Crippen LogP contribution in [0.15, 0.2) is 6.07 Å². The van der Waals surface area contributed by atoms with E-state index in [-0.39, 0.29) is 51.6 Å². The zero-order valence-electron chi connectivity index (χ0n) is 26.1. The van der Waals surface area contributed by atoms with Crippen molar-refractivity contribution in [3.05, 3.63) is 23.3 Å². The van der Waals surface area contributed by atoms with Gasteiger partial charge in [0, 0.05) is 52.2 Å². The van der Waals surface area contributed by atoms with Crippen LogP contribution in [0.3, 0.4) is 0 Å². The molecule has 0 aliphatic carbocycles. The van der Waals surface area contributed by atoms with Crippen LogP contribution in [0.2, 0.25) is 0 Å². The molecular weight excluding hydrogens is 646 g/mol. The third kappa shape index (κ3) is 9.86. The molecule has 35 heavy (non-hydrogen) atoms. The van der Waals surface area contributed by atoms with Gasteiger partial charge < -0.3 is 9.05 Å². The Morgan fingerprint density at radius 3 is 0.886 bits per heavy atom. The molecule has 2 nitrogen and oxygen atoms in total. The van der Waals surface area contributed by atoms with E-state index in [1.54, 1.807) is 0 Å². The molecule has 0 atom stereocenters. The zero-order valence-corrected chi connectivity index (χ0v) is 30.3. The quantitative estimate of drug-likeness (QED) is 0.230. The minimum atomic E-state index is -0.780. The van der Waals surface area contributed by atoms with E-state index >= 15 is 0 Å². The van der Waals surface area contributed by atoms with Gasteiger partial charge in [0.25, 0.3) is 0 Å². The fraction of sp³-hybridized carbons (Fsp3) is 0.800. The Hall–Kier alpha value is 0.329. The second kappa shape index (κ2) is 11.2. The van der Waals surface area contributed by atoms with Crippen molar-refractivity contribution in [3.8, 4) is 11.5 Å². The first-order chi connectivity index (χ1) is 14.7. The molecule has 0 fully saturated rings. The fourth-order valence-corrected chi connectivity index (χ4v) is 10.3. The molecule has 5 heteroatoms. The molecule has 207 valence electrons. The van der Waals surface area contributed by atoms with Crippen molar-refractivity contribution in [2.45, 2.75) is 156 Å². The molecule has 0 saturated heterocycles. The smallest absolute Gasteiger partial charge is 0.0947 e. The summed E-state index contributed by atoms with van der Waals surface area (Å²) in [7, 11) is -1.56. The summed E-state index contributed by atoms with van der Waals surface area (Å²) < 4.78 is 14.0. The van der Waals surface area contributed by atoms with E-state index in [0.717, 1.165) is 11.5 Å². The normalized spacial score (nSPS) is 14.3. The van der Waals surface area contributed by atoms with E-state index in [0.29, 0.717) is 0 Å². The van der Waals surface area contributed by atoms with Gasteiger partial charge in [0.2, 0.25) is 0 Å². The first-order valence-corrected chi connectivity index (χ1v) is 15.3. The maximum Gasteiger partial charge on any atom is 0.0947 e. The maximum absolute atomic E-state index is 7.00. The van der Waals surface area contributed by atoms with E-state index in [1.165, 1.54) is 11.1 Å². The van der Waals surface area contributed by atoms with Crippen LogP contribution in [0.4, 0.5) is 0 Å². The average Bonchev–Trinajstić information content (AvgIpc) is 2.51. The summed E-state index contributed by atoms with van der Waals surface area (Å²) in [6, 6.07) is 6.08. The molecule has 0 spiro atoms. The Morgan fingerprint density at radius 2 is 0.714 bits per heavy atom. The predicted molar refractivity (Wildman–Crippen MR) is 157 cm³/mol. The van der Waals surface area contributed by atoms with Crippen molar-refractivity contribution in [1.29, 1.82) is 0 Å². The molecule has 0 unspecified atom stereocenters. The van der Waals surface area contributed by atoms with Crippen LogP contribution in [0.1, 0.15) is 136 Å².